The molecule has 0 bridgehead atoms. The Morgan fingerprint density at radius 3 is 1.04 bits per heavy atom. The van der Waals surface area contributed by atoms with E-state index in [1.54, 1.807) is 86.0 Å². The van der Waals surface area contributed by atoms with E-state index in [0.717, 1.165) is 158 Å². The highest BCUT2D eigenvalue weighted by Crippen LogP contribution is 2.38. The number of nitro benzene ring substituents is 2. The number of hydrogen-bond donors (Lipinski definition) is 15. The Labute approximate surface area is 857 Å². The number of aromatic hydroxyl groups is 1. The van der Waals surface area contributed by atoms with Crippen molar-refractivity contribution >= 4 is 168 Å². The van der Waals surface area contributed by atoms with Crippen LogP contribution in [0.2, 0.25) is 0 Å². The van der Waals surface area contributed by atoms with Crippen molar-refractivity contribution in [2.75, 3.05) is 68.6 Å². The number of phenolic OH excluding ortho intramolecular Hbond substituents is 1. The number of aliphatic carboxylic acids is 7. The molecule has 0 amide bonds. The second kappa shape index (κ2) is 53.7. The molecular weight excluding hydrogens is 2050 g/mol. The number of carbonyl (C=O) groups is 7. The molecule has 10 aromatic carbocycles. The zero-order valence-electron chi connectivity index (χ0n) is 77.5. The fourth-order valence-electron chi connectivity index (χ4n) is 12.3. The van der Waals surface area contributed by atoms with E-state index in [9.17, 15) is 68.7 Å². The van der Waals surface area contributed by atoms with Gasteiger partial charge in [-0.15, -0.1) is 35.7 Å². The number of fused-ring (bicyclic) bond motifs is 2. The van der Waals surface area contributed by atoms with Crippen LogP contribution in [0.4, 0.5) is 22.7 Å². The monoisotopic (exact) mass is 2130 g/mol. The number of nitrogens with one attached hydrogen (secondary N) is 7. The highest BCUT2D eigenvalue weighted by atomic mass is 32.2. The Bertz CT molecular complexity index is 7630. The average Bonchev–Trinajstić information content (AvgIpc) is 1.82. The summed E-state index contributed by atoms with van der Waals surface area (Å²) in [6.07, 6.45) is 0. The van der Waals surface area contributed by atoms with Crippen LogP contribution >= 0.6 is 82.3 Å². The van der Waals surface area contributed by atoms with Gasteiger partial charge in [0.05, 0.1) is 69.9 Å². The van der Waals surface area contributed by atoms with E-state index in [4.69, 9.17) is 50.0 Å². The largest absolute Gasteiger partial charge is 0.507 e. The lowest BCUT2D eigenvalue weighted by molar-refractivity contribution is -0.428. The molecule has 49 nitrogen and oxygen atoms in total. The summed E-state index contributed by atoms with van der Waals surface area (Å²) < 4.78 is 17.3. The summed E-state index contributed by atoms with van der Waals surface area (Å²) in [6.45, 7) is 5.65. The number of aromatic amines is 7. The molecule has 15 N–H and O–H groups in total. The van der Waals surface area contributed by atoms with Gasteiger partial charge in [-0.05, 0) is 121 Å². The van der Waals surface area contributed by atoms with E-state index in [-0.39, 0.29) is 79.2 Å². The number of phenols is 1. The normalized spacial score (nSPS) is 10.6. The van der Waals surface area contributed by atoms with Crippen LogP contribution in [0.3, 0.4) is 0 Å². The van der Waals surface area contributed by atoms with E-state index >= 15 is 0 Å². The number of aryl methyl sites for hydroxylation is 3. The van der Waals surface area contributed by atoms with Crippen LogP contribution in [-0.4, -0.2) is 277 Å². The standard InChI is InChI=1S/C17H14N4O5S.C15H13N3O3S.C14H11N3O2S.C12H12N4O3S.C11H10N4O5S.C11H10N4O3S.C11H11N3O3S/c1-10-3-2-4-12(7-10)26-14-6-5-11(8-13(14)21(24)25)16-18-17(20-19-16)27-9-15(22)23;1-21-12-5-4-9-6-11(3-2-10(9)7-12)14-16-15(18-17-14)22-8-13(19)20;18-12(19)8-20-14-15-13(16-17-14)11-6-5-9-3-1-2-4-10(9)7-11;1-7-3-4-8(5-9(7)16(2)19)11-13-12(15-14-11)20-6-10(17)18;1-20-8-3-2-6(4-7(8)15(18)19)10-12-11(14-13-10)21-5-9(16)17;1-15(18)8-4-2-3-7(5-8)10-12-11(14-13-10)19-6-9(16)17;1-6-2-3-8(15)7(4-6)10-12-11(14-13-10)18-5-9(16)17/h2-8H,9H2,1H3,(H,22,23)(H,18,19,20);2-7H,8H2,1H3,(H,19,20)(H,16,17,18);1-7H,8H2,(H,18,19)(H,15,16,17);3-5H,6H2,1-2H3,(H-,13,14,15,17,18);2-4H,5H2,1H3,(H,16,17)(H,12,13,14);2-5H,6H2,1H3,(H-,12,13,14,16,17);2-4,15H,5H2,1H3,(H,16,17)(H,12,13,14)/p+2. The molecule has 7 aromatic heterocycles. The van der Waals surface area contributed by atoms with E-state index < -0.39 is 51.6 Å². The summed E-state index contributed by atoms with van der Waals surface area (Å²) in [5.41, 5.74) is 8.19. The summed E-state index contributed by atoms with van der Waals surface area (Å²) in [4.78, 5) is 147. The van der Waals surface area contributed by atoms with Crippen molar-refractivity contribution in [2.45, 2.75) is 56.9 Å². The first-order chi connectivity index (χ1) is 70.4. The van der Waals surface area contributed by atoms with Crippen LogP contribution in [0.25, 0.3) is 101 Å². The number of nitro groups is 2. The molecule has 0 aliphatic carbocycles. The molecule has 0 atom stereocenters. The van der Waals surface area contributed by atoms with Crippen molar-refractivity contribution < 1.29 is 108 Å². The molecule has 17 aromatic rings. The molecule has 0 spiro atoms. The van der Waals surface area contributed by atoms with Gasteiger partial charge in [0.1, 0.15) is 17.2 Å². The molecule has 756 valence electrons. The van der Waals surface area contributed by atoms with Crippen LogP contribution in [0, 0.1) is 50.8 Å². The third-order valence-corrected chi connectivity index (χ3v) is 24.7. The minimum Gasteiger partial charge on any atom is -0.507 e. The zero-order valence-corrected chi connectivity index (χ0v) is 83.2. The number of carboxylic acids is 7. The van der Waals surface area contributed by atoms with Gasteiger partial charge in [0, 0.05) is 88.6 Å². The molecule has 0 saturated carbocycles. The maximum atomic E-state index is 11.5. The van der Waals surface area contributed by atoms with Gasteiger partial charge in [0.15, 0.2) is 60.6 Å². The number of thioether (sulfide) groups is 7. The van der Waals surface area contributed by atoms with Gasteiger partial charge < -0.3 is 55.1 Å². The van der Waals surface area contributed by atoms with Crippen LogP contribution in [0.5, 0.6) is 28.7 Å². The molecule has 0 aliphatic heterocycles. The highest BCUT2D eigenvalue weighted by Gasteiger charge is 2.24. The molecule has 147 heavy (non-hydrogen) atoms. The average molecular weight is 2140 g/mol. The lowest BCUT2D eigenvalue weighted by atomic mass is 10.1. The topological polar surface area (TPSA) is 726 Å². The predicted molar refractivity (Wildman–Crippen MR) is 543 cm³/mol. The number of benzene rings is 10. The first-order valence-corrected chi connectivity index (χ1v) is 49.0. The molecule has 17 rings (SSSR count). The summed E-state index contributed by atoms with van der Waals surface area (Å²) in [5.74, 6) is -2.31. The number of hydrogen-bond acceptors (Lipinski definition) is 38. The van der Waals surface area contributed by atoms with Gasteiger partial charge in [-0.2, -0.15) is 0 Å². The second-order valence-electron chi connectivity index (χ2n) is 29.6. The smallest absolute Gasteiger partial charge is 0.313 e. The van der Waals surface area contributed by atoms with Crippen LogP contribution in [-0.2, 0) is 33.6 Å². The van der Waals surface area contributed by atoms with Gasteiger partial charge in [-0.1, -0.05) is 185 Å². The van der Waals surface area contributed by atoms with Crippen molar-refractivity contribution in [3.05, 3.63) is 247 Å². The van der Waals surface area contributed by atoms with Crippen molar-refractivity contribution in [2.24, 2.45) is 0 Å². The van der Waals surface area contributed by atoms with Crippen LogP contribution < -0.4 is 14.2 Å². The van der Waals surface area contributed by atoms with Gasteiger partial charge in [0.25, 0.3) is 11.4 Å². The molecule has 7 heterocycles. The van der Waals surface area contributed by atoms with E-state index in [1.807, 2.05) is 118 Å². The number of nitrogens with zero attached hydrogens (tertiary/aromatic N) is 18. The number of rotatable bonds is 36. The molecule has 0 radical (unpaired) electrons. The number of ether oxygens (including phenoxy) is 3. The number of H-pyrrole nitrogens is 7. The Kier molecular flexibility index (Phi) is 40.2. The predicted octanol–water partition coefficient (Wildman–Crippen LogP) is 16.2. The molecule has 0 saturated heterocycles. The Hall–Kier alpha value is -17.4. The summed E-state index contributed by atoms with van der Waals surface area (Å²) in [5, 5.41) is 146. The van der Waals surface area contributed by atoms with Crippen LogP contribution in [0.1, 0.15) is 16.7 Å². The minimum atomic E-state index is -0.986. The first kappa shape index (κ1) is 110. The summed E-state index contributed by atoms with van der Waals surface area (Å²) in [7, 11) is 5.83. The van der Waals surface area contributed by atoms with Crippen molar-refractivity contribution in [3.8, 4) is 108 Å². The number of methoxy groups -OCH3 is 2. The summed E-state index contributed by atoms with van der Waals surface area (Å²) in [6, 6.07) is 59.3. The molecule has 0 aliphatic rings. The second-order valence-corrected chi connectivity index (χ2v) is 36.2. The van der Waals surface area contributed by atoms with Crippen LogP contribution in [0.15, 0.2) is 236 Å². The maximum Gasteiger partial charge on any atom is 0.313 e. The lowest BCUT2D eigenvalue weighted by Gasteiger charge is -2.08. The SMILES string of the molecule is COc1ccc(-c2nc(SCC(=O)O)n[nH]2)cc1[N+](=O)[O-].COc1ccc2cc(-c3nc(SCC(=O)O)n[nH]3)ccc2c1.C[N+](=O)c1cccc(-c2nc(SCC(=O)O)n[nH]2)c1.Cc1ccc(-c2nc(SCC(=O)O)n[nH]2)cc1[N+](C)=O.Cc1ccc(O)c(-c2nc(SCC(=O)O)n[nH]2)c1.Cc1cccc(Oc2ccc(-c3nc(SCC(=O)O)n[nH]3)cc2[N+](=O)[O-])c1.O=C(O)CSc1n[nH]c(-c2ccc3ccccc3c2)n1. The first-order valence-electron chi connectivity index (χ1n) is 42.1. The van der Waals surface area contributed by atoms with E-state index in [2.05, 4.69) is 106 Å². The number of nitroso groups, excluding NO2 is 2. The Morgan fingerprint density at radius 2 is 0.646 bits per heavy atom. The van der Waals surface area contributed by atoms with Crippen molar-refractivity contribution in [3.63, 3.8) is 0 Å². The highest BCUT2D eigenvalue weighted by molar-refractivity contribution is 8.01. The van der Waals surface area contributed by atoms with E-state index in [1.165, 1.54) is 45.5 Å². The van der Waals surface area contributed by atoms with Gasteiger partial charge in [-0.25, -0.2) is 34.9 Å². The van der Waals surface area contributed by atoms with E-state index in [0.29, 0.717) is 100 Å². The lowest BCUT2D eigenvalue weighted by Crippen LogP contribution is -1.97. The summed E-state index contributed by atoms with van der Waals surface area (Å²) >= 11 is 7.16. The quantitative estimate of drug-likeness (QED) is 0.00750. The van der Waals surface area contributed by atoms with Gasteiger partial charge >= 0.3 is 53.2 Å². The molecule has 0 unspecified atom stereocenters. The Balaban J connectivity index is 0.000000164. The number of aromatic nitrogens is 21. The third kappa shape index (κ3) is 33.9. The molecule has 0 fully saturated rings. The fourth-order valence-corrected chi connectivity index (χ4v) is 15.9. The fraction of sp³-hybridized carbons (Fsp3) is 0.154. The van der Waals surface area contributed by atoms with Gasteiger partial charge in [0.2, 0.25) is 41.8 Å². The maximum absolute atomic E-state index is 11.5. The third-order valence-electron chi connectivity index (χ3n) is 18.9. The van der Waals surface area contributed by atoms with Crippen molar-refractivity contribution in [1.29, 1.82) is 0 Å². The number of carboxylic acid groups (broad SMARTS) is 7. The molecule has 56 heteroatoms. The zero-order chi connectivity index (χ0) is 106. The van der Waals surface area contributed by atoms with Crippen molar-refractivity contribution in [1.82, 2.24) is 106 Å². The van der Waals surface area contributed by atoms with Gasteiger partial charge in [-0.3, -0.25) is 89.5 Å². The molecular formula is C91H83N25O24S7+2. The Morgan fingerprint density at radius 1 is 0.313 bits per heavy atom. The minimum absolute atomic E-state index is 0.0466.